The molecule has 0 unspecified atom stereocenters. The van der Waals surface area contributed by atoms with Crippen molar-refractivity contribution in [3.63, 3.8) is 0 Å². The Morgan fingerprint density at radius 2 is 2.40 bits per heavy atom. The maximum atomic E-state index is 8.37. The van der Waals surface area contributed by atoms with Gasteiger partial charge in [-0.15, -0.1) is 0 Å². The van der Waals surface area contributed by atoms with E-state index in [1.807, 2.05) is 13.0 Å². The second-order valence-corrected chi connectivity index (χ2v) is 3.04. The van der Waals surface area contributed by atoms with E-state index >= 15 is 0 Å². The van der Waals surface area contributed by atoms with Crippen molar-refractivity contribution in [2.75, 3.05) is 6.61 Å². The van der Waals surface area contributed by atoms with Gasteiger partial charge in [-0.3, -0.25) is 0 Å². The van der Waals surface area contributed by atoms with Crippen LogP contribution in [0.15, 0.2) is 22.6 Å². The first-order valence-electron chi connectivity index (χ1n) is 4.72. The first kappa shape index (κ1) is 9.53. The number of ether oxygens (including phenoxy) is 1. The molecule has 1 heterocycles. The van der Waals surface area contributed by atoms with E-state index in [4.69, 9.17) is 14.4 Å². The fourth-order valence-electron chi connectivity index (χ4n) is 1.31. The third kappa shape index (κ3) is 1.91. The maximum Gasteiger partial charge on any atom is 0.195 e. The molecule has 4 nitrogen and oxygen atoms in total. The fourth-order valence-corrected chi connectivity index (χ4v) is 1.31. The van der Waals surface area contributed by atoms with Gasteiger partial charge in [-0.25, -0.2) is 4.98 Å². The highest BCUT2D eigenvalue weighted by Crippen LogP contribution is 2.21. The molecular weight excluding hydrogens is 192 g/mol. The molecule has 0 atom stereocenters. The normalized spacial score (nSPS) is 10.1. The second-order valence-electron chi connectivity index (χ2n) is 3.04. The molecule has 4 heteroatoms. The molecule has 0 aliphatic rings. The van der Waals surface area contributed by atoms with Gasteiger partial charge < -0.3 is 9.15 Å². The van der Waals surface area contributed by atoms with E-state index in [1.165, 1.54) is 0 Å². The highest BCUT2D eigenvalue weighted by Gasteiger charge is 2.04. The Balaban J connectivity index is 2.34. The maximum absolute atomic E-state index is 8.37. The van der Waals surface area contributed by atoms with Gasteiger partial charge in [0.15, 0.2) is 18.1 Å². The highest BCUT2D eigenvalue weighted by atomic mass is 16.5. The molecule has 0 amide bonds. The van der Waals surface area contributed by atoms with Crippen LogP contribution in [-0.2, 0) is 6.42 Å². The molecule has 0 saturated carbocycles. The van der Waals surface area contributed by atoms with E-state index in [1.54, 1.807) is 18.2 Å². The standard InChI is InChI=1S/C11H10N2O2/c1-2-11-13-9-7-8(14-6-5-12)3-4-10(9)15-11/h3-4,7H,2,6H2,1H3. The molecule has 0 aliphatic carbocycles. The summed E-state index contributed by atoms with van der Waals surface area (Å²) in [5, 5.41) is 8.37. The van der Waals surface area contributed by atoms with Crippen molar-refractivity contribution in [1.82, 2.24) is 4.98 Å². The van der Waals surface area contributed by atoms with E-state index < -0.39 is 0 Å². The van der Waals surface area contributed by atoms with E-state index in [9.17, 15) is 0 Å². The Morgan fingerprint density at radius 1 is 1.53 bits per heavy atom. The zero-order valence-corrected chi connectivity index (χ0v) is 8.36. The predicted molar refractivity (Wildman–Crippen MR) is 54.5 cm³/mol. The van der Waals surface area contributed by atoms with Crippen LogP contribution in [0.3, 0.4) is 0 Å². The lowest BCUT2D eigenvalue weighted by Crippen LogP contribution is -1.92. The van der Waals surface area contributed by atoms with E-state index in [0.29, 0.717) is 11.6 Å². The molecule has 2 aromatic rings. The summed E-state index contributed by atoms with van der Waals surface area (Å²) in [5.74, 6) is 1.35. The quantitative estimate of drug-likeness (QED) is 0.766. The minimum absolute atomic E-state index is 0.0456. The lowest BCUT2D eigenvalue weighted by atomic mass is 10.3. The van der Waals surface area contributed by atoms with Crippen molar-refractivity contribution in [3.8, 4) is 11.8 Å². The lowest BCUT2D eigenvalue weighted by Gasteiger charge is -1.98. The van der Waals surface area contributed by atoms with Gasteiger partial charge in [-0.1, -0.05) is 6.92 Å². The molecule has 2 rings (SSSR count). The molecule has 0 aliphatic heterocycles. The fraction of sp³-hybridized carbons (Fsp3) is 0.273. The van der Waals surface area contributed by atoms with Crippen molar-refractivity contribution in [3.05, 3.63) is 24.1 Å². The number of aryl methyl sites for hydroxylation is 1. The minimum Gasteiger partial charge on any atom is -0.479 e. The van der Waals surface area contributed by atoms with Crippen molar-refractivity contribution in [2.24, 2.45) is 0 Å². The molecule has 0 radical (unpaired) electrons. The van der Waals surface area contributed by atoms with E-state index in [-0.39, 0.29) is 6.61 Å². The number of oxazole rings is 1. The summed E-state index contributed by atoms with van der Waals surface area (Å²) in [6.45, 7) is 2.03. The number of nitrogens with zero attached hydrogens (tertiary/aromatic N) is 2. The van der Waals surface area contributed by atoms with Crippen LogP contribution < -0.4 is 4.74 Å². The van der Waals surface area contributed by atoms with Crippen LogP contribution in [0.5, 0.6) is 5.75 Å². The zero-order valence-electron chi connectivity index (χ0n) is 8.36. The van der Waals surface area contributed by atoms with Crippen molar-refractivity contribution in [2.45, 2.75) is 13.3 Å². The number of hydrogen-bond donors (Lipinski definition) is 0. The van der Waals surface area contributed by atoms with Gasteiger partial charge >= 0.3 is 0 Å². The minimum atomic E-state index is 0.0456. The smallest absolute Gasteiger partial charge is 0.195 e. The van der Waals surface area contributed by atoms with Crippen LogP contribution in [0, 0.1) is 11.3 Å². The van der Waals surface area contributed by atoms with Gasteiger partial charge in [0.05, 0.1) is 0 Å². The Labute approximate surface area is 87.1 Å². The van der Waals surface area contributed by atoms with Gasteiger partial charge in [0, 0.05) is 12.5 Å². The highest BCUT2D eigenvalue weighted by molar-refractivity contribution is 5.74. The monoisotopic (exact) mass is 202 g/mol. The molecule has 15 heavy (non-hydrogen) atoms. The average molecular weight is 202 g/mol. The Hall–Kier alpha value is -2.02. The number of aromatic nitrogens is 1. The van der Waals surface area contributed by atoms with E-state index in [0.717, 1.165) is 17.5 Å². The Kier molecular flexibility index (Phi) is 2.55. The van der Waals surface area contributed by atoms with Crippen LogP contribution >= 0.6 is 0 Å². The van der Waals surface area contributed by atoms with Crippen LogP contribution in [0.25, 0.3) is 11.1 Å². The number of rotatable bonds is 3. The summed E-state index contributed by atoms with van der Waals surface area (Å²) in [5.41, 5.74) is 1.51. The molecule has 0 bridgehead atoms. The third-order valence-corrected chi connectivity index (χ3v) is 2.01. The number of nitriles is 1. The van der Waals surface area contributed by atoms with Crippen LogP contribution in [0.2, 0.25) is 0 Å². The first-order valence-corrected chi connectivity index (χ1v) is 4.72. The van der Waals surface area contributed by atoms with Crippen molar-refractivity contribution >= 4 is 11.1 Å². The summed E-state index contributed by atoms with van der Waals surface area (Å²) < 4.78 is 10.6. The molecule has 1 aromatic carbocycles. The van der Waals surface area contributed by atoms with Gasteiger partial charge in [0.2, 0.25) is 0 Å². The van der Waals surface area contributed by atoms with Gasteiger partial charge in [0.25, 0.3) is 0 Å². The van der Waals surface area contributed by atoms with Gasteiger partial charge in [0.1, 0.15) is 17.3 Å². The third-order valence-electron chi connectivity index (χ3n) is 2.01. The number of hydrogen-bond acceptors (Lipinski definition) is 4. The summed E-state index contributed by atoms with van der Waals surface area (Å²) in [4.78, 5) is 4.27. The Morgan fingerprint density at radius 3 is 3.13 bits per heavy atom. The molecule has 0 spiro atoms. The first-order chi connectivity index (χ1) is 7.33. The predicted octanol–water partition coefficient (Wildman–Crippen LogP) is 2.29. The molecule has 0 N–H and O–H groups in total. The molecule has 76 valence electrons. The largest absolute Gasteiger partial charge is 0.479 e. The van der Waals surface area contributed by atoms with Gasteiger partial charge in [-0.05, 0) is 12.1 Å². The second kappa shape index (κ2) is 4.01. The molecular formula is C11H10N2O2. The van der Waals surface area contributed by atoms with Crippen molar-refractivity contribution in [1.29, 1.82) is 5.26 Å². The molecule has 0 saturated heterocycles. The summed E-state index contributed by atoms with van der Waals surface area (Å²) in [6, 6.07) is 7.26. The summed E-state index contributed by atoms with van der Waals surface area (Å²) in [7, 11) is 0. The SMILES string of the molecule is CCc1nc2cc(OCC#N)ccc2o1. The van der Waals surface area contributed by atoms with Crippen LogP contribution in [0.4, 0.5) is 0 Å². The number of benzene rings is 1. The van der Waals surface area contributed by atoms with E-state index in [2.05, 4.69) is 4.98 Å². The average Bonchev–Trinajstić information content (AvgIpc) is 2.68. The van der Waals surface area contributed by atoms with Crippen LogP contribution in [0.1, 0.15) is 12.8 Å². The number of fused-ring (bicyclic) bond motifs is 1. The summed E-state index contributed by atoms with van der Waals surface area (Å²) in [6.07, 6.45) is 0.767. The van der Waals surface area contributed by atoms with Crippen LogP contribution in [-0.4, -0.2) is 11.6 Å². The Bertz CT molecular complexity index is 511. The van der Waals surface area contributed by atoms with Gasteiger partial charge in [-0.2, -0.15) is 5.26 Å². The molecule has 1 aromatic heterocycles. The zero-order chi connectivity index (χ0) is 10.7. The lowest BCUT2D eigenvalue weighted by molar-refractivity contribution is 0.368. The van der Waals surface area contributed by atoms with Crippen molar-refractivity contribution < 1.29 is 9.15 Å². The molecule has 0 fully saturated rings. The topological polar surface area (TPSA) is 59.0 Å². The summed E-state index contributed by atoms with van der Waals surface area (Å²) >= 11 is 0.